The SMILES string of the molecule is O=C(O)c1cc(C(=O)N(CC(F)F)C2CC2)ccn1. The molecule has 1 aromatic rings. The number of carbonyl (C=O) groups excluding carboxylic acids is 1. The van der Waals surface area contributed by atoms with E-state index >= 15 is 0 Å². The van der Waals surface area contributed by atoms with Gasteiger partial charge in [0.1, 0.15) is 5.69 Å². The molecule has 0 aliphatic heterocycles. The minimum atomic E-state index is -2.61. The van der Waals surface area contributed by atoms with E-state index in [-0.39, 0.29) is 17.3 Å². The fourth-order valence-electron chi connectivity index (χ4n) is 1.78. The topological polar surface area (TPSA) is 70.5 Å². The van der Waals surface area contributed by atoms with Crippen LogP contribution in [-0.2, 0) is 0 Å². The van der Waals surface area contributed by atoms with Crippen molar-refractivity contribution >= 4 is 11.9 Å². The molecule has 1 aromatic heterocycles. The van der Waals surface area contributed by atoms with E-state index in [1.165, 1.54) is 12.3 Å². The van der Waals surface area contributed by atoms with Crippen molar-refractivity contribution in [3.63, 3.8) is 0 Å². The molecule has 1 aliphatic rings. The summed E-state index contributed by atoms with van der Waals surface area (Å²) in [6.07, 6.45) is -0.0141. The zero-order chi connectivity index (χ0) is 14.0. The molecular weight excluding hydrogens is 258 g/mol. The average molecular weight is 270 g/mol. The Morgan fingerprint density at radius 3 is 2.68 bits per heavy atom. The zero-order valence-electron chi connectivity index (χ0n) is 9.92. The van der Waals surface area contributed by atoms with E-state index in [1.54, 1.807) is 0 Å². The van der Waals surface area contributed by atoms with Crippen LogP contribution in [0.15, 0.2) is 18.3 Å². The number of amides is 1. The van der Waals surface area contributed by atoms with Crippen molar-refractivity contribution in [3.8, 4) is 0 Å². The van der Waals surface area contributed by atoms with Crippen LogP contribution in [0, 0.1) is 0 Å². The normalized spacial score (nSPS) is 14.5. The summed E-state index contributed by atoms with van der Waals surface area (Å²) in [5.74, 6) is -1.84. The van der Waals surface area contributed by atoms with Crippen molar-refractivity contribution < 1.29 is 23.5 Å². The molecule has 0 unspecified atom stereocenters. The van der Waals surface area contributed by atoms with Gasteiger partial charge in [-0.25, -0.2) is 18.6 Å². The number of carbonyl (C=O) groups is 2. The van der Waals surface area contributed by atoms with Crippen molar-refractivity contribution in [1.82, 2.24) is 9.88 Å². The van der Waals surface area contributed by atoms with Crippen LogP contribution in [0.4, 0.5) is 8.78 Å². The van der Waals surface area contributed by atoms with Gasteiger partial charge in [-0.05, 0) is 25.0 Å². The van der Waals surface area contributed by atoms with Gasteiger partial charge < -0.3 is 10.0 Å². The van der Waals surface area contributed by atoms with Crippen molar-refractivity contribution in [2.24, 2.45) is 0 Å². The summed E-state index contributed by atoms with van der Waals surface area (Å²) in [5.41, 5.74) is -0.210. The highest BCUT2D eigenvalue weighted by molar-refractivity contribution is 5.97. The largest absolute Gasteiger partial charge is 0.477 e. The molecule has 1 aliphatic carbocycles. The van der Waals surface area contributed by atoms with Gasteiger partial charge in [0.15, 0.2) is 0 Å². The molecule has 19 heavy (non-hydrogen) atoms. The van der Waals surface area contributed by atoms with Crippen LogP contribution in [0.1, 0.15) is 33.7 Å². The summed E-state index contributed by atoms with van der Waals surface area (Å²) in [4.78, 5) is 27.6. The van der Waals surface area contributed by atoms with Gasteiger partial charge in [-0.15, -0.1) is 0 Å². The Morgan fingerprint density at radius 1 is 1.47 bits per heavy atom. The molecule has 1 saturated carbocycles. The lowest BCUT2D eigenvalue weighted by Crippen LogP contribution is -2.37. The minimum absolute atomic E-state index is 0.0694. The lowest BCUT2D eigenvalue weighted by molar-refractivity contribution is 0.0534. The number of hydrogen-bond acceptors (Lipinski definition) is 3. The predicted molar refractivity (Wildman–Crippen MR) is 61.3 cm³/mol. The molecule has 0 radical (unpaired) electrons. The first-order chi connectivity index (χ1) is 8.99. The van der Waals surface area contributed by atoms with Gasteiger partial charge in [0.25, 0.3) is 12.3 Å². The number of aromatic nitrogens is 1. The Hall–Kier alpha value is -2.05. The highest BCUT2D eigenvalue weighted by Crippen LogP contribution is 2.28. The van der Waals surface area contributed by atoms with E-state index in [4.69, 9.17) is 5.11 Å². The second-order valence-electron chi connectivity index (χ2n) is 4.31. The molecule has 0 atom stereocenters. The molecule has 0 spiro atoms. The molecule has 2 rings (SSSR count). The summed E-state index contributed by atoms with van der Waals surface area (Å²) >= 11 is 0. The average Bonchev–Trinajstić information content (AvgIpc) is 3.19. The van der Waals surface area contributed by atoms with Crippen LogP contribution in [0.25, 0.3) is 0 Å². The monoisotopic (exact) mass is 270 g/mol. The summed E-state index contributed by atoms with van der Waals surface area (Å²) in [6.45, 7) is -0.631. The molecule has 0 saturated heterocycles. The molecule has 5 nitrogen and oxygen atoms in total. The van der Waals surface area contributed by atoms with E-state index in [9.17, 15) is 18.4 Å². The number of nitrogens with zero attached hydrogens (tertiary/aromatic N) is 2. The van der Waals surface area contributed by atoms with Crippen molar-refractivity contribution in [1.29, 1.82) is 0 Å². The smallest absolute Gasteiger partial charge is 0.354 e. The second kappa shape index (κ2) is 5.29. The Morgan fingerprint density at radius 2 is 2.16 bits per heavy atom. The van der Waals surface area contributed by atoms with Crippen LogP contribution in [-0.4, -0.2) is 45.9 Å². The molecule has 102 valence electrons. The van der Waals surface area contributed by atoms with Gasteiger partial charge in [0.2, 0.25) is 0 Å². The van der Waals surface area contributed by atoms with Crippen molar-refractivity contribution in [2.45, 2.75) is 25.3 Å². The number of rotatable bonds is 5. The molecule has 1 fully saturated rings. The van der Waals surface area contributed by atoms with Crippen molar-refractivity contribution in [3.05, 3.63) is 29.6 Å². The first-order valence-electron chi connectivity index (χ1n) is 5.77. The van der Waals surface area contributed by atoms with Crippen LogP contribution in [0.5, 0.6) is 0 Å². The van der Waals surface area contributed by atoms with Crippen molar-refractivity contribution in [2.75, 3.05) is 6.54 Å². The van der Waals surface area contributed by atoms with Crippen LogP contribution in [0.2, 0.25) is 0 Å². The fourth-order valence-corrected chi connectivity index (χ4v) is 1.78. The third kappa shape index (κ3) is 3.24. The lowest BCUT2D eigenvalue weighted by Gasteiger charge is -2.22. The lowest BCUT2D eigenvalue weighted by atomic mass is 10.2. The summed E-state index contributed by atoms with van der Waals surface area (Å²) < 4.78 is 24.9. The van der Waals surface area contributed by atoms with E-state index < -0.39 is 24.8 Å². The Kier molecular flexibility index (Phi) is 3.73. The van der Waals surface area contributed by atoms with E-state index in [2.05, 4.69) is 4.98 Å². The number of carboxylic acids is 1. The third-order valence-electron chi connectivity index (χ3n) is 2.81. The minimum Gasteiger partial charge on any atom is -0.477 e. The Balaban J connectivity index is 2.21. The molecule has 7 heteroatoms. The second-order valence-corrected chi connectivity index (χ2v) is 4.31. The zero-order valence-corrected chi connectivity index (χ0v) is 9.92. The number of halogens is 2. The molecule has 0 bridgehead atoms. The Labute approximate surface area is 107 Å². The van der Waals surface area contributed by atoms with Gasteiger partial charge in [0.05, 0.1) is 6.54 Å². The summed E-state index contributed by atoms with van der Waals surface area (Å²) in [7, 11) is 0. The maximum atomic E-state index is 12.5. The first kappa shape index (κ1) is 13.4. The maximum Gasteiger partial charge on any atom is 0.354 e. The Bertz CT molecular complexity index is 504. The first-order valence-corrected chi connectivity index (χ1v) is 5.77. The van der Waals surface area contributed by atoms with Crippen LogP contribution in [0.3, 0.4) is 0 Å². The number of alkyl halides is 2. The standard InChI is InChI=1S/C12H12F2N2O3/c13-10(14)6-16(8-1-2-8)11(17)7-3-4-15-9(5-7)12(18)19/h3-5,8,10H,1-2,6H2,(H,18,19). The van der Waals surface area contributed by atoms with Gasteiger partial charge in [0, 0.05) is 17.8 Å². The van der Waals surface area contributed by atoms with E-state index in [0.717, 1.165) is 11.0 Å². The van der Waals surface area contributed by atoms with Gasteiger partial charge in [-0.3, -0.25) is 4.79 Å². The number of carboxylic acid groups (broad SMARTS) is 1. The fraction of sp³-hybridized carbons (Fsp3) is 0.417. The van der Waals surface area contributed by atoms with E-state index in [0.29, 0.717) is 12.8 Å². The van der Waals surface area contributed by atoms with Gasteiger partial charge in [-0.1, -0.05) is 0 Å². The quantitative estimate of drug-likeness (QED) is 0.883. The third-order valence-corrected chi connectivity index (χ3v) is 2.81. The van der Waals surface area contributed by atoms with Crippen LogP contribution >= 0.6 is 0 Å². The number of aromatic carboxylic acids is 1. The number of hydrogen-bond donors (Lipinski definition) is 1. The highest BCUT2D eigenvalue weighted by atomic mass is 19.3. The van der Waals surface area contributed by atoms with Gasteiger partial charge >= 0.3 is 5.97 Å². The number of pyridine rings is 1. The predicted octanol–water partition coefficient (Wildman–Crippen LogP) is 1.65. The molecule has 1 heterocycles. The highest BCUT2D eigenvalue weighted by Gasteiger charge is 2.34. The van der Waals surface area contributed by atoms with E-state index in [1.807, 2.05) is 0 Å². The van der Waals surface area contributed by atoms with Gasteiger partial charge in [-0.2, -0.15) is 0 Å². The molecule has 1 N–H and O–H groups in total. The molecule has 0 aromatic carbocycles. The maximum absolute atomic E-state index is 12.5. The summed E-state index contributed by atoms with van der Waals surface area (Å²) in [5, 5.41) is 8.79. The molecular formula is C12H12F2N2O3. The summed E-state index contributed by atoms with van der Waals surface area (Å²) in [6, 6.07) is 2.27. The van der Waals surface area contributed by atoms with Crippen LogP contribution < -0.4 is 0 Å². The molecule has 1 amide bonds.